The van der Waals surface area contributed by atoms with Gasteiger partial charge in [0.05, 0.1) is 16.8 Å². The Morgan fingerprint density at radius 2 is 1.92 bits per heavy atom. The SMILES string of the molecule is Cc1ccccc1NC(=O)CSCCCn1c(=O)[nH]c2ccccc21. The number of aromatic amines is 1. The van der Waals surface area contributed by atoms with Gasteiger partial charge >= 0.3 is 5.69 Å². The van der Waals surface area contributed by atoms with Gasteiger partial charge in [-0.15, -0.1) is 0 Å². The van der Waals surface area contributed by atoms with Gasteiger partial charge in [0, 0.05) is 12.2 Å². The number of H-pyrrole nitrogens is 1. The molecule has 0 saturated carbocycles. The standard InChI is InChI=1S/C19H21N3O2S/c1-14-7-2-3-8-15(14)20-18(23)13-25-12-6-11-22-17-10-5-4-9-16(17)21-19(22)24/h2-5,7-10H,6,11-13H2,1H3,(H,20,23)(H,21,24). The lowest BCUT2D eigenvalue weighted by molar-refractivity contribution is -0.113. The number of anilines is 1. The van der Waals surface area contributed by atoms with Crippen molar-refractivity contribution in [2.75, 3.05) is 16.8 Å². The molecular weight excluding hydrogens is 334 g/mol. The molecule has 0 saturated heterocycles. The second-order valence-electron chi connectivity index (χ2n) is 5.87. The molecule has 0 aliphatic heterocycles. The van der Waals surface area contributed by atoms with E-state index in [-0.39, 0.29) is 11.6 Å². The molecule has 3 aromatic rings. The predicted molar refractivity (Wildman–Crippen MR) is 104 cm³/mol. The van der Waals surface area contributed by atoms with Gasteiger partial charge in [-0.05, 0) is 42.9 Å². The second-order valence-corrected chi connectivity index (χ2v) is 6.97. The van der Waals surface area contributed by atoms with Crippen molar-refractivity contribution < 1.29 is 4.79 Å². The van der Waals surface area contributed by atoms with Crippen molar-refractivity contribution >= 4 is 34.4 Å². The van der Waals surface area contributed by atoms with E-state index in [4.69, 9.17) is 0 Å². The molecule has 0 radical (unpaired) electrons. The van der Waals surface area contributed by atoms with Gasteiger partial charge in [-0.3, -0.25) is 9.36 Å². The molecule has 3 rings (SSSR count). The topological polar surface area (TPSA) is 66.9 Å². The Hall–Kier alpha value is -2.47. The molecule has 2 N–H and O–H groups in total. The van der Waals surface area contributed by atoms with Crippen LogP contribution in [-0.4, -0.2) is 27.0 Å². The zero-order valence-corrected chi connectivity index (χ0v) is 14.9. The first-order valence-corrected chi connectivity index (χ1v) is 9.41. The maximum Gasteiger partial charge on any atom is 0.326 e. The molecule has 1 aromatic heterocycles. The number of hydrogen-bond acceptors (Lipinski definition) is 3. The van der Waals surface area contributed by atoms with E-state index in [2.05, 4.69) is 10.3 Å². The third-order valence-corrected chi connectivity index (χ3v) is 5.05. The van der Waals surface area contributed by atoms with Gasteiger partial charge in [-0.2, -0.15) is 11.8 Å². The Morgan fingerprint density at radius 3 is 2.76 bits per heavy atom. The number of rotatable bonds is 7. The number of benzene rings is 2. The van der Waals surface area contributed by atoms with E-state index in [1.165, 1.54) is 0 Å². The summed E-state index contributed by atoms with van der Waals surface area (Å²) in [5.74, 6) is 1.24. The monoisotopic (exact) mass is 355 g/mol. The molecule has 6 heteroatoms. The van der Waals surface area contributed by atoms with E-state index in [0.717, 1.165) is 34.5 Å². The number of imidazole rings is 1. The third kappa shape index (κ3) is 4.33. The highest BCUT2D eigenvalue weighted by atomic mass is 32.2. The fourth-order valence-corrected chi connectivity index (χ4v) is 3.45. The molecule has 1 amide bonds. The number of amides is 1. The van der Waals surface area contributed by atoms with Crippen molar-refractivity contribution in [2.24, 2.45) is 0 Å². The summed E-state index contributed by atoms with van der Waals surface area (Å²) in [5, 5.41) is 2.93. The molecule has 0 unspecified atom stereocenters. The number of aromatic nitrogens is 2. The zero-order valence-electron chi connectivity index (χ0n) is 14.1. The van der Waals surface area contributed by atoms with Gasteiger partial charge in [0.1, 0.15) is 0 Å². The highest BCUT2D eigenvalue weighted by Gasteiger charge is 2.07. The maximum atomic E-state index is 12.0. The largest absolute Gasteiger partial charge is 0.326 e. The second kappa shape index (κ2) is 8.07. The molecule has 5 nitrogen and oxygen atoms in total. The molecule has 0 fully saturated rings. The number of fused-ring (bicyclic) bond motifs is 1. The number of carbonyl (C=O) groups is 1. The van der Waals surface area contributed by atoms with Gasteiger partial charge in [0.15, 0.2) is 0 Å². The van der Waals surface area contributed by atoms with E-state index < -0.39 is 0 Å². The fraction of sp³-hybridized carbons (Fsp3) is 0.263. The van der Waals surface area contributed by atoms with Gasteiger partial charge < -0.3 is 10.3 Å². The first-order chi connectivity index (χ1) is 12.1. The Labute approximate surface area is 150 Å². The molecule has 1 heterocycles. The summed E-state index contributed by atoms with van der Waals surface area (Å²) in [5.41, 5.74) is 3.62. The molecule has 0 aliphatic rings. The van der Waals surface area contributed by atoms with Crippen molar-refractivity contribution in [3.05, 3.63) is 64.6 Å². The van der Waals surface area contributed by atoms with Crippen LogP contribution in [0.2, 0.25) is 0 Å². The molecule has 0 spiro atoms. The van der Waals surface area contributed by atoms with Crippen LogP contribution in [0.15, 0.2) is 53.3 Å². The van der Waals surface area contributed by atoms with Crippen molar-refractivity contribution in [3.63, 3.8) is 0 Å². The highest BCUT2D eigenvalue weighted by Crippen LogP contribution is 2.14. The summed E-state index contributed by atoms with van der Waals surface area (Å²) < 4.78 is 1.75. The number of hydrogen-bond donors (Lipinski definition) is 2. The zero-order chi connectivity index (χ0) is 17.6. The lowest BCUT2D eigenvalue weighted by Crippen LogP contribution is -2.18. The average Bonchev–Trinajstić information content (AvgIpc) is 2.92. The van der Waals surface area contributed by atoms with Crippen LogP contribution in [0, 0.1) is 6.92 Å². The molecule has 25 heavy (non-hydrogen) atoms. The quantitative estimate of drug-likeness (QED) is 0.638. The van der Waals surface area contributed by atoms with Gasteiger partial charge in [-0.1, -0.05) is 30.3 Å². The van der Waals surface area contributed by atoms with Crippen molar-refractivity contribution in [2.45, 2.75) is 19.9 Å². The smallest absolute Gasteiger partial charge is 0.325 e. The average molecular weight is 355 g/mol. The van der Waals surface area contributed by atoms with Crippen LogP contribution in [0.5, 0.6) is 0 Å². The number of aryl methyl sites for hydroxylation is 2. The highest BCUT2D eigenvalue weighted by molar-refractivity contribution is 7.99. The van der Waals surface area contributed by atoms with Crippen LogP contribution in [0.1, 0.15) is 12.0 Å². The normalized spacial score (nSPS) is 10.9. The first kappa shape index (κ1) is 17.4. The summed E-state index contributed by atoms with van der Waals surface area (Å²) in [6, 6.07) is 15.4. The predicted octanol–water partition coefficient (Wildman–Crippen LogP) is 3.40. The van der Waals surface area contributed by atoms with Crippen LogP contribution in [0.4, 0.5) is 5.69 Å². The minimum Gasteiger partial charge on any atom is -0.325 e. The Balaban J connectivity index is 1.44. The van der Waals surface area contributed by atoms with Gasteiger partial charge in [-0.25, -0.2) is 4.79 Å². The Morgan fingerprint density at radius 1 is 1.16 bits per heavy atom. The van der Waals surface area contributed by atoms with E-state index in [9.17, 15) is 9.59 Å². The summed E-state index contributed by atoms with van der Waals surface area (Å²) in [4.78, 5) is 26.8. The van der Waals surface area contributed by atoms with E-state index in [1.807, 2.05) is 55.5 Å². The molecule has 0 bridgehead atoms. The minimum atomic E-state index is -0.0801. The molecule has 0 aliphatic carbocycles. The van der Waals surface area contributed by atoms with Crippen molar-refractivity contribution in [1.82, 2.24) is 9.55 Å². The summed E-state index contributed by atoms with van der Waals surface area (Å²) >= 11 is 1.58. The summed E-state index contributed by atoms with van der Waals surface area (Å²) in [6.45, 7) is 2.62. The Bertz CT molecular complexity index is 930. The maximum absolute atomic E-state index is 12.0. The van der Waals surface area contributed by atoms with Crippen LogP contribution >= 0.6 is 11.8 Å². The number of carbonyl (C=O) groups excluding carboxylic acids is 1. The molecule has 0 atom stereocenters. The van der Waals surface area contributed by atoms with Gasteiger partial charge in [0.2, 0.25) is 5.91 Å². The molecule has 2 aromatic carbocycles. The third-order valence-electron chi connectivity index (χ3n) is 4.00. The van der Waals surface area contributed by atoms with Crippen LogP contribution < -0.4 is 11.0 Å². The van der Waals surface area contributed by atoms with Gasteiger partial charge in [0.25, 0.3) is 0 Å². The number of para-hydroxylation sites is 3. The number of nitrogens with zero attached hydrogens (tertiary/aromatic N) is 1. The lowest BCUT2D eigenvalue weighted by atomic mass is 10.2. The lowest BCUT2D eigenvalue weighted by Gasteiger charge is -2.08. The first-order valence-electron chi connectivity index (χ1n) is 8.26. The van der Waals surface area contributed by atoms with Crippen molar-refractivity contribution in [3.8, 4) is 0 Å². The van der Waals surface area contributed by atoms with E-state index >= 15 is 0 Å². The molecular formula is C19H21N3O2S. The number of nitrogens with one attached hydrogen (secondary N) is 2. The van der Waals surface area contributed by atoms with E-state index in [1.54, 1.807) is 16.3 Å². The van der Waals surface area contributed by atoms with Crippen LogP contribution in [-0.2, 0) is 11.3 Å². The van der Waals surface area contributed by atoms with Crippen molar-refractivity contribution in [1.29, 1.82) is 0 Å². The van der Waals surface area contributed by atoms with Crippen LogP contribution in [0.25, 0.3) is 11.0 Å². The summed E-state index contributed by atoms with van der Waals surface area (Å²) in [6.07, 6.45) is 0.837. The fourth-order valence-electron chi connectivity index (χ4n) is 2.72. The Kier molecular flexibility index (Phi) is 5.60. The molecule has 130 valence electrons. The summed E-state index contributed by atoms with van der Waals surface area (Å²) in [7, 11) is 0. The van der Waals surface area contributed by atoms with E-state index in [0.29, 0.717) is 12.3 Å². The number of thioether (sulfide) groups is 1. The van der Waals surface area contributed by atoms with Crippen LogP contribution in [0.3, 0.4) is 0 Å². The minimum absolute atomic E-state index is 0.00330.